The van der Waals surface area contributed by atoms with Crippen LogP contribution in [0.4, 0.5) is 10.5 Å². The van der Waals surface area contributed by atoms with E-state index in [2.05, 4.69) is 0 Å². The van der Waals surface area contributed by atoms with Crippen molar-refractivity contribution in [3.8, 4) is 0 Å². The molecule has 0 radical (unpaired) electrons. The molecule has 1 aliphatic rings. The fraction of sp³-hybridized carbons (Fsp3) is 0.211. The second-order valence-electron chi connectivity index (χ2n) is 6.08. The summed E-state index contributed by atoms with van der Waals surface area (Å²) in [6, 6.07) is 16.7. The normalized spacial score (nSPS) is 16.8. The van der Waals surface area contributed by atoms with Crippen LogP contribution in [0.25, 0.3) is 0 Å². The molecule has 26 heavy (non-hydrogen) atoms. The van der Waals surface area contributed by atoms with Crippen LogP contribution in [0.5, 0.6) is 0 Å². The number of primary amides is 1. The van der Waals surface area contributed by atoms with Gasteiger partial charge in [-0.3, -0.25) is 19.3 Å². The number of nitrogens with two attached hydrogens (primary N) is 1. The van der Waals surface area contributed by atoms with Gasteiger partial charge in [0, 0.05) is 5.69 Å². The minimum atomic E-state index is -0.804. The highest BCUT2D eigenvalue weighted by Gasteiger charge is 2.43. The molecule has 2 N–H and O–H groups in total. The average molecular weight is 369 g/mol. The van der Waals surface area contributed by atoms with Gasteiger partial charge in [0.25, 0.3) is 11.1 Å². The van der Waals surface area contributed by atoms with Crippen LogP contribution in [-0.2, 0) is 16.1 Å². The van der Waals surface area contributed by atoms with E-state index in [9.17, 15) is 14.4 Å². The number of amides is 3. The number of rotatable bonds is 6. The zero-order valence-corrected chi connectivity index (χ0v) is 15.1. The lowest BCUT2D eigenvalue weighted by molar-refractivity contribution is -0.127. The highest BCUT2D eigenvalue weighted by atomic mass is 32.2. The molecule has 2 aromatic carbocycles. The van der Waals surface area contributed by atoms with Crippen LogP contribution in [0.2, 0.25) is 0 Å². The van der Waals surface area contributed by atoms with Gasteiger partial charge in [0.15, 0.2) is 5.37 Å². The monoisotopic (exact) mass is 369 g/mol. The Balaban J connectivity index is 1.85. The standard InChI is InChI=1S/C19H19N3O3S/c1-13-7-9-15(10-8-13)21(12-16(20)23)18-17(24)22(19(25)26-18)11-14-5-3-2-4-6-14/h2-10,18H,11-12H2,1H3,(H2,20,23)/t18-/m0/s1. The molecule has 1 aliphatic heterocycles. The second kappa shape index (κ2) is 7.61. The molecule has 6 nitrogen and oxygen atoms in total. The molecule has 7 heteroatoms. The molecule has 0 saturated carbocycles. The Kier molecular flexibility index (Phi) is 5.27. The van der Waals surface area contributed by atoms with E-state index >= 15 is 0 Å². The van der Waals surface area contributed by atoms with Crippen molar-refractivity contribution in [2.24, 2.45) is 5.73 Å². The Morgan fingerprint density at radius 2 is 1.77 bits per heavy atom. The lowest BCUT2D eigenvalue weighted by Gasteiger charge is -2.27. The van der Waals surface area contributed by atoms with Crippen LogP contribution < -0.4 is 10.6 Å². The van der Waals surface area contributed by atoms with E-state index in [4.69, 9.17) is 5.73 Å². The number of imide groups is 1. The first-order valence-corrected chi connectivity index (χ1v) is 9.01. The topological polar surface area (TPSA) is 83.7 Å². The third-order valence-corrected chi connectivity index (χ3v) is 5.17. The SMILES string of the molecule is Cc1ccc(N(CC(N)=O)[C@H]2SC(=O)N(Cc3ccccc3)C2=O)cc1. The summed E-state index contributed by atoms with van der Waals surface area (Å²) in [7, 11) is 0. The number of benzene rings is 2. The molecule has 1 saturated heterocycles. The van der Waals surface area contributed by atoms with Crippen molar-refractivity contribution in [3.05, 3.63) is 65.7 Å². The van der Waals surface area contributed by atoms with Gasteiger partial charge >= 0.3 is 0 Å². The summed E-state index contributed by atoms with van der Waals surface area (Å²) >= 11 is 0.906. The number of nitrogens with zero attached hydrogens (tertiary/aromatic N) is 2. The Morgan fingerprint density at radius 3 is 2.38 bits per heavy atom. The molecule has 0 bridgehead atoms. The molecule has 1 atom stereocenters. The molecular weight excluding hydrogens is 350 g/mol. The van der Waals surface area contributed by atoms with Crippen LogP contribution >= 0.6 is 11.8 Å². The van der Waals surface area contributed by atoms with Crippen molar-refractivity contribution in [2.75, 3.05) is 11.4 Å². The molecule has 2 aromatic rings. The maximum Gasteiger partial charge on any atom is 0.291 e. The van der Waals surface area contributed by atoms with Crippen LogP contribution in [-0.4, -0.2) is 33.9 Å². The van der Waals surface area contributed by atoms with Crippen molar-refractivity contribution in [1.82, 2.24) is 4.90 Å². The molecule has 1 heterocycles. The maximum atomic E-state index is 12.9. The number of hydrogen-bond donors (Lipinski definition) is 1. The zero-order chi connectivity index (χ0) is 18.7. The molecule has 134 valence electrons. The molecule has 1 fully saturated rings. The summed E-state index contributed by atoms with van der Waals surface area (Å²) < 4.78 is 0. The van der Waals surface area contributed by atoms with Crippen molar-refractivity contribution < 1.29 is 14.4 Å². The van der Waals surface area contributed by atoms with Gasteiger partial charge in [0.1, 0.15) is 0 Å². The minimum absolute atomic E-state index is 0.140. The second-order valence-corrected chi connectivity index (χ2v) is 7.11. The van der Waals surface area contributed by atoms with E-state index in [0.29, 0.717) is 5.69 Å². The molecule has 3 rings (SSSR count). The van der Waals surface area contributed by atoms with Crippen LogP contribution in [0.3, 0.4) is 0 Å². The van der Waals surface area contributed by atoms with Gasteiger partial charge in [-0.1, -0.05) is 48.0 Å². The summed E-state index contributed by atoms with van der Waals surface area (Å²) in [5, 5.41) is -1.13. The summed E-state index contributed by atoms with van der Waals surface area (Å²) in [5.74, 6) is -0.904. The van der Waals surface area contributed by atoms with Crippen LogP contribution in [0, 0.1) is 6.92 Å². The number of thioether (sulfide) groups is 1. The fourth-order valence-corrected chi connectivity index (χ4v) is 3.78. The molecular formula is C19H19N3O3S. The molecule has 3 amide bonds. The number of anilines is 1. The quantitative estimate of drug-likeness (QED) is 0.846. The van der Waals surface area contributed by atoms with Gasteiger partial charge in [-0.05, 0) is 36.4 Å². The van der Waals surface area contributed by atoms with E-state index in [1.54, 1.807) is 4.90 Å². The van der Waals surface area contributed by atoms with E-state index < -0.39 is 11.3 Å². The molecule has 0 aromatic heterocycles. The molecule has 0 aliphatic carbocycles. The van der Waals surface area contributed by atoms with Gasteiger partial charge in [0.2, 0.25) is 5.91 Å². The average Bonchev–Trinajstić information content (AvgIpc) is 2.89. The van der Waals surface area contributed by atoms with Gasteiger partial charge in [-0.25, -0.2) is 0 Å². The van der Waals surface area contributed by atoms with Gasteiger partial charge in [0.05, 0.1) is 13.1 Å². The number of aryl methyl sites for hydroxylation is 1. The third-order valence-electron chi connectivity index (χ3n) is 4.07. The van der Waals surface area contributed by atoms with Gasteiger partial charge in [-0.15, -0.1) is 0 Å². The Labute approximate surface area is 156 Å². The largest absolute Gasteiger partial charge is 0.368 e. The van der Waals surface area contributed by atoms with E-state index in [1.165, 1.54) is 4.90 Å². The predicted octanol–water partition coefficient (Wildman–Crippen LogP) is 2.51. The van der Waals surface area contributed by atoms with Crippen molar-refractivity contribution in [3.63, 3.8) is 0 Å². The highest BCUT2D eigenvalue weighted by molar-refractivity contribution is 8.15. The highest BCUT2D eigenvalue weighted by Crippen LogP contribution is 2.33. The lowest BCUT2D eigenvalue weighted by Crippen LogP contribution is -2.45. The smallest absolute Gasteiger partial charge is 0.291 e. The van der Waals surface area contributed by atoms with Crippen molar-refractivity contribution >= 4 is 34.5 Å². The van der Waals surface area contributed by atoms with E-state index in [-0.39, 0.29) is 24.2 Å². The fourth-order valence-electron chi connectivity index (χ4n) is 2.75. The van der Waals surface area contributed by atoms with Gasteiger partial charge in [-0.2, -0.15) is 0 Å². The molecule has 0 spiro atoms. The third kappa shape index (κ3) is 3.88. The summed E-state index contributed by atoms with van der Waals surface area (Å²) in [5.41, 5.74) is 7.97. The molecule has 0 unspecified atom stereocenters. The van der Waals surface area contributed by atoms with Crippen LogP contribution in [0.1, 0.15) is 11.1 Å². The Hall–Kier alpha value is -2.80. The minimum Gasteiger partial charge on any atom is -0.368 e. The zero-order valence-electron chi connectivity index (χ0n) is 14.3. The van der Waals surface area contributed by atoms with Crippen molar-refractivity contribution in [2.45, 2.75) is 18.8 Å². The van der Waals surface area contributed by atoms with E-state index in [0.717, 1.165) is 22.9 Å². The first kappa shape index (κ1) is 18.0. The number of carbonyl (C=O) groups excluding carboxylic acids is 3. The van der Waals surface area contributed by atoms with E-state index in [1.807, 2.05) is 61.5 Å². The van der Waals surface area contributed by atoms with Crippen molar-refractivity contribution in [1.29, 1.82) is 0 Å². The number of hydrogen-bond acceptors (Lipinski definition) is 5. The number of carbonyl (C=O) groups is 3. The van der Waals surface area contributed by atoms with Crippen LogP contribution in [0.15, 0.2) is 54.6 Å². The van der Waals surface area contributed by atoms with Gasteiger partial charge < -0.3 is 10.6 Å². The summed E-state index contributed by atoms with van der Waals surface area (Å²) in [6.07, 6.45) is 0. The first-order valence-electron chi connectivity index (χ1n) is 8.13. The first-order chi connectivity index (χ1) is 12.5. The summed E-state index contributed by atoms with van der Waals surface area (Å²) in [4.78, 5) is 39.6. The lowest BCUT2D eigenvalue weighted by atomic mass is 10.2. The summed E-state index contributed by atoms with van der Waals surface area (Å²) in [6.45, 7) is 2.02. The predicted molar refractivity (Wildman–Crippen MR) is 101 cm³/mol. The Bertz CT molecular complexity index is 824. The maximum absolute atomic E-state index is 12.9. The Morgan fingerprint density at radius 1 is 1.12 bits per heavy atom.